The Balaban J connectivity index is 1.67. The molecule has 7 nitrogen and oxygen atoms in total. The molecule has 1 saturated heterocycles. The van der Waals surface area contributed by atoms with Gasteiger partial charge in [0.1, 0.15) is 11.3 Å². The van der Waals surface area contributed by atoms with E-state index in [4.69, 9.17) is 14.5 Å². The first-order chi connectivity index (χ1) is 14.2. The van der Waals surface area contributed by atoms with Crippen LogP contribution in [0.4, 0.5) is 5.00 Å². The molecule has 2 aromatic rings. The van der Waals surface area contributed by atoms with Crippen molar-refractivity contribution in [3.8, 4) is 5.75 Å². The molecule has 1 aliphatic rings. The lowest BCUT2D eigenvalue weighted by Gasteiger charge is -2.37. The minimum Gasteiger partial charge on any atom is -0.496 e. The van der Waals surface area contributed by atoms with Gasteiger partial charge >= 0.3 is 5.97 Å². The largest absolute Gasteiger partial charge is 0.496 e. The predicted molar refractivity (Wildman–Crippen MR) is 117 cm³/mol. The summed E-state index contributed by atoms with van der Waals surface area (Å²) in [5, 5.41) is 6.84. The van der Waals surface area contributed by atoms with Crippen LogP contribution in [0.25, 0.3) is 0 Å². The second-order valence-electron chi connectivity index (χ2n) is 6.62. The molecule has 0 atom stereocenters. The van der Waals surface area contributed by atoms with Crippen molar-refractivity contribution in [2.45, 2.75) is 13.5 Å². The highest BCUT2D eigenvalue weighted by Gasteiger charge is 2.20. The molecule has 2 heterocycles. The highest BCUT2D eigenvalue weighted by atomic mass is 32.1. The molecule has 1 aliphatic heterocycles. The van der Waals surface area contributed by atoms with Gasteiger partial charge in [0.05, 0.1) is 25.8 Å². The highest BCUT2D eigenvalue weighted by Crippen LogP contribution is 2.23. The van der Waals surface area contributed by atoms with Gasteiger partial charge in [-0.05, 0) is 42.1 Å². The number of nitrogens with zero attached hydrogens (tertiary/aromatic N) is 3. The van der Waals surface area contributed by atoms with Gasteiger partial charge in [-0.25, -0.2) is 9.79 Å². The number of piperazine rings is 1. The number of benzene rings is 1. The van der Waals surface area contributed by atoms with Gasteiger partial charge < -0.3 is 24.6 Å². The number of ether oxygens (including phenoxy) is 2. The van der Waals surface area contributed by atoms with Crippen molar-refractivity contribution >= 4 is 28.3 Å². The van der Waals surface area contributed by atoms with Crippen molar-refractivity contribution in [1.29, 1.82) is 0 Å². The summed E-state index contributed by atoms with van der Waals surface area (Å²) in [5.41, 5.74) is 1.39. The number of nitrogens with one attached hydrogen (secondary N) is 1. The predicted octanol–water partition coefficient (Wildman–Crippen LogP) is 2.83. The van der Waals surface area contributed by atoms with Gasteiger partial charge in [0.25, 0.3) is 0 Å². The quantitative estimate of drug-likeness (QED) is 0.444. The topological polar surface area (TPSA) is 66.4 Å². The third-order valence-corrected chi connectivity index (χ3v) is 5.74. The van der Waals surface area contributed by atoms with E-state index in [0.29, 0.717) is 17.9 Å². The SMILES string of the molecule is CCNC(=NCc1ccc(C(=O)OC)c(OC)c1)N1CCN(c2cccs2)CC1. The van der Waals surface area contributed by atoms with E-state index in [1.54, 1.807) is 24.5 Å². The lowest BCUT2D eigenvalue weighted by Crippen LogP contribution is -2.52. The maximum Gasteiger partial charge on any atom is 0.341 e. The second kappa shape index (κ2) is 10.2. The van der Waals surface area contributed by atoms with Crippen LogP contribution in [0.1, 0.15) is 22.8 Å². The maximum atomic E-state index is 11.8. The molecule has 0 spiro atoms. The molecule has 1 N–H and O–H groups in total. The summed E-state index contributed by atoms with van der Waals surface area (Å²) in [6.07, 6.45) is 0. The van der Waals surface area contributed by atoms with Crippen LogP contribution in [0, 0.1) is 0 Å². The third kappa shape index (κ3) is 5.20. The van der Waals surface area contributed by atoms with E-state index in [1.165, 1.54) is 12.1 Å². The maximum absolute atomic E-state index is 11.8. The summed E-state index contributed by atoms with van der Waals surface area (Å²) in [6.45, 7) is 7.20. The summed E-state index contributed by atoms with van der Waals surface area (Å²) in [4.78, 5) is 21.4. The zero-order valence-electron chi connectivity index (χ0n) is 17.2. The van der Waals surface area contributed by atoms with Gasteiger partial charge in [-0.2, -0.15) is 0 Å². The van der Waals surface area contributed by atoms with Gasteiger partial charge in [-0.15, -0.1) is 11.3 Å². The minimum atomic E-state index is -0.408. The number of methoxy groups -OCH3 is 2. The number of guanidine groups is 1. The fourth-order valence-corrected chi connectivity index (χ4v) is 4.08. The smallest absolute Gasteiger partial charge is 0.341 e. The van der Waals surface area contributed by atoms with Gasteiger partial charge in [-0.3, -0.25) is 0 Å². The first kappa shape index (κ1) is 21.0. The molecule has 8 heteroatoms. The lowest BCUT2D eigenvalue weighted by atomic mass is 10.1. The molecule has 1 fully saturated rings. The van der Waals surface area contributed by atoms with Crippen LogP contribution < -0.4 is 15.0 Å². The average Bonchev–Trinajstić information content (AvgIpc) is 3.31. The fraction of sp³-hybridized carbons (Fsp3) is 0.429. The number of carbonyl (C=O) groups is 1. The van der Waals surface area contributed by atoms with Gasteiger partial charge in [0.15, 0.2) is 5.96 Å². The van der Waals surface area contributed by atoms with E-state index < -0.39 is 5.97 Å². The Labute approximate surface area is 175 Å². The standard InChI is InChI=1S/C21H28N4O3S/c1-4-22-21(25-11-9-24(10-12-25)19-6-5-13-29-19)23-15-16-7-8-17(20(26)28-3)18(14-16)27-2/h5-8,13-14H,4,9-12,15H2,1-3H3,(H,22,23). The summed E-state index contributed by atoms with van der Waals surface area (Å²) in [6, 6.07) is 9.72. The monoisotopic (exact) mass is 416 g/mol. The van der Waals surface area contributed by atoms with Gasteiger partial charge in [0.2, 0.25) is 0 Å². The summed E-state index contributed by atoms with van der Waals surface area (Å²) >= 11 is 1.78. The molecule has 0 radical (unpaired) electrons. The summed E-state index contributed by atoms with van der Waals surface area (Å²) in [5.74, 6) is 1.00. The van der Waals surface area contributed by atoms with E-state index >= 15 is 0 Å². The van der Waals surface area contributed by atoms with Gasteiger partial charge in [-0.1, -0.05) is 6.07 Å². The lowest BCUT2D eigenvalue weighted by molar-refractivity contribution is 0.0597. The Morgan fingerprint density at radius 3 is 2.62 bits per heavy atom. The number of hydrogen-bond donors (Lipinski definition) is 1. The van der Waals surface area contributed by atoms with Crippen molar-refractivity contribution in [2.75, 3.05) is 51.8 Å². The molecule has 1 aromatic heterocycles. The van der Waals surface area contributed by atoms with Crippen molar-refractivity contribution < 1.29 is 14.3 Å². The van der Waals surface area contributed by atoms with Crippen LogP contribution in [0.3, 0.4) is 0 Å². The van der Waals surface area contributed by atoms with E-state index in [1.807, 2.05) is 12.1 Å². The van der Waals surface area contributed by atoms with Crippen LogP contribution in [-0.4, -0.2) is 63.8 Å². The number of esters is 1. The van der Waals surface area contributed by atoms with Crippen molar-refractivity contribution in [1.82, 2.24) is 10.2 Å². The summed E-state index contributed by atoms with van der Waals surface area (Å²) in [7, 11) is 2.91. The van der Waals surface area contributed by atoms with E-state index in [2.05, 4.69) is 39.6 Å². The number of aliphatic imine (C=N–C) groups is 1. The molecule has 3 rings (SSSR count). The molecule has 156 valence electrons. The normalized spacial score (nSPS) is 14.7. The molecule has 0 aliphatic carbocycles. The Bertz CT molecular complexity index is 830. The number of hydrogen-bond acceptors (Lipinski definition) is 6. The molecular formula is C21H28N4O3S. The summed E-state index contributed by atoms with van der Waals surface area (Å²) < 4.78 is 10.1. The molecule has 29 heavy (non-hydrogen) atoms. The molecular weight excluding hydrogens is 388 g/mol. The third-order valence-electron chi connectivity index (χ3n) is 4.81. The highest BCUT2D eigenvalue weighted by molar-refractivity contribution is 7.14. The van der Waals surface area contributed by atoms with E-state index in [-0.39, 0.29) is 0 Å². The number of thiophene rings is 1. The number of rotatable bonds is 6. The van der Waals surface area contributed by atoms with Crippen molar-refractivity contribution in [3.05, 3.63) is 46.8 Å². The Morgan fingerprint density at radius 2 is 2.00 bits per heavy atom. The average molecular weight is 417 g/mol. The minimum absolute atomic E-state index is 0.408. The fourth-order valence-electron chi connectivity index (χ4n) is 3.29. The van der Waals surface area contributed by atoms with Crippen LogP contribution in [0.15, 0.2) is 40.7 Å². The molecule has 0 unspecified atom stereocenters. The first-order valence-corrected chi connectivity index (χ1v) is 10.6. The zero-order valence-corrected chi connectivity index (χ0v) is 18.0. The zero-order chi connectivity index (χ0) is 20.6. The Kier molecular flexibility index (Phi) is 7.35. The van der Waals surface area contributed by atoms with Crippen molar-refractivity contribution in [2.24, 2.45) is 4.99 Å². The molecule has 1 aromatic carbocycles. The molecule has 0 saturated carbocycles. The van der Waals surface area contributed by atoms with E-state index in [0.717, 1.165) is 44.2 Å². The second-order valence-corrected chi connectivity index (χ2v) is 7.55. The number of carbonyl (C=O) groups excluding carboxylic acids is 1. The molecule has 0 amide bonds. The van der Waals surface area contributed by atoms with Crippen LogP contribution in [0.2, 0.25) is 0 Å². The Hall–Kier alpha value is -2.74. The molecule has 0 bridgehead atoms. The Morgan fingerprint density at radius 1 is 1.21 bits per heavy atom. The van der Waals surface area contributed by atoms with Crippen LogP contribution in [-0.2, 0) is 11.3 Å². The van der Waals surface area contributed by atoms with Crippen LogP contribution in [0.5, 0.6) is 5.75 Å². The number of anilines is 1. The van der Waals surface area contributed by atoms with Crippen molar-refractivity contribution in [3.63, 3.8) is 0 Å². The first-order valence-electron chi connectivity index (χ1n) is 9.73. The van der Waals surface area contributed by atoms with Gasteiger partial charge in [0, 0.05) is 32.7 Å². The van der Waals surface area contributed by atoms with E-state index in [9.17, 15) is 4.79 Å². The van der Waals surface area contributed by atoms with Crippen LogP contribution >= 0.6 is 11.3 Å².